The molecule has 1 atom stereocenters. The predicted molar refractivity (Wildman–Crippen MR) is 72.6 cm³/mol. The zero-order valence-electron chi connectivity index (χ0n) is 10.6. The molecule has 0 aliphatic rings. The largest absolute Gasteiger partial charge is 0.463 e. The molecule has 0 aromatic carbocycles. The molecule has 0 amide bonds. The van der Waals surface area contributed by atoms with Crippen molar-refractivity contribution in [2.24, 2.45) is 5.73 Å². The van der Waals surface area contributed by atoms with Gasteiger partial charge < -0.3 is 15.4 Å². The van der Waals surface area contributed by atoms with Gasteiger partial charge in [-0.05, 0) is 13.0 Å². The van der Waals surface area contributed by atoms with E-state index in [9.17, 15) is 4.79 Å². The van der Waals surface area contributed by atoms with Gasteiger partial charge in [0, 0.05) is 25.7 Å². The fraction of sp³-hybridized carbons (Fsp3) is 0.455. The van der Waals surface area contributed by atoms with E-state index in [2.05, 4.69) is 14.7 Å². The zero-order valence-corrected chi connectivity index (χ0v) is 11.4. The summed E-state index contributed by atoms with van der Waals surface area (Å²) in [5.74, 6) is 0.0887. The summed E-state index contributed by atoms with van der Waals surface area (Å²) in [5, 5.41) is 0. The molecule has 2 N–H and O–H groups in total. The van der Waals surface area contributed by atoms with Crippen molar-refractivity contribution in [3.63, 3.8) is 0 Å². The average Bonchev–Trinajstić information content (AvgIpc) is 2.36. The summed E-state index contributed by atoms with van der Waals surface area (Å²) in [7, 11) is 3.14. The van der Waals surface area contributed by atoms with Gasteiger partial charge in [0.25, 0.3) is 0 Å². The molecule has 0 aliphatic heterocycles. The Bertz CT molecular complexity index is 452. The van der Waals surface area contributed by atoms with Crippen LogP contribution >= 0.6 is 12.2 Å². The number of methoxy groups -OCH3 is 1. The summed E-state index contributed by atoms with van der Waals surface area (Å²) in [6, 6.07) is 1.80. The van der Waals surface area contributed by atoms with Crippen molar-refractivity contribution >= 4 is 29.0 Å². The topological polar surface area (TPSA) is 81.3 Å². The van der Waals surface area contributed by atoms with Crippen molar-refractivity contribution in [3.05, 3.63) is 18.1 Å². The number of aromatic nitrogens is 2. The Labute approximate surface area is 111 Å². The van der Waals surface area contributed by atoms with E-state index in [1.807, 2.05) is 18.9 Å². The average molecular weight is 268 g/mol. The lowest BCUT2D eigenvalue weighted by molar-refractivity contribution is 0.0586. The summed E-state index contributed by atoms with van der Waals surface area (Å²) in [5.41, 5.74) is 5.51. The van der Waals surface area contributed by atoms with Crippen LogP contribution in [-0.4, -0.2) is 41.1 Å². The minimum atomic E-state index is -0.563. The Hall–Kier alpha value is -1.76. The van der Waals surface area contributed by atoms with Gasteiger partial charge in [-0.2, -0.15) is 0 Å². The van der Waals surface area contributed by atoms with E-state index in [0.717, 1.165) is 0 Å². The standard InChI is InChI=1S/C11H16N4O2S/c1-7(6-8(12)18)15(2)9-4-5-13-10(14-9)11(16)17-3/h4-5,7H,6H2,1-3H3,(H2,12,18). The molecule has 1 heterocycles. The van der Waals surface area contributed by atoms with Crippen molar-refractivity contribution in [1.82, 2.24) is 9.97 Å². The van der Waals surface area contributed by atoms with Crippen LogP contribution in [0.25, 0.3) is 0 Å². The minimum absolute atomic E-state index is 0.0318. The fourth-order valence-corrected chi connectivity index (χ4v) is 1.63. The normalized spacial score (nSPS) is 11.7. The quantitative estimate of drug-likeness (QED) is 0.623. The number of nitrogens with zero attached hydrogens (tertiary/aromatic N) is 3. The van der Waals surface area contributed by atoms with E-state index in [-0.39, 0.29) is 11.9 Å². The number of hydrogen-bond acceptors (Lipinski definition) is 6. The molecule has 0 bridgehead atoms. The molecule has 6 nitrogen and oxygen atoms in total. The maximum absolute atomic E-state index is 11.3. The first-order valence-corrected chi connectivity index (χ1v) is 5.79. The lowest BCUT2D eigenvalue weighted by Gasteiger charge is -2.25. The lowest BCUT2D eigenvalue weighted by atomic mass is 10.2. The SMILES string of the molecule is COC(=O)c1nccc(N(C)C(C)CC(N)=S)n1. The summed E-state index contributed by atoms with van der Waals surface area (Å²) in [6.45, 7) is 1.97. The molecule has 7 heteroatoms. The van der Waals surface area contributed by atoms with Gasteiger partial charge >= 0.3 is 5.97 Å². The maximum atomic E-state index is 11.3. The van der Waals surface area contributed by atoms with E-state index in [1.165, 1.54) is 13.3 Å². The number of hydrogen-bond donors (Lipinski definition) is 1. The minimum Gasteiger partial charge on any atom is -0.463 e. The number of anilines is 1. The van der Waals surface area contributed by atoms with Gasteiger partial charge in [0.2, 0.25) is 5.82 Å². The number of esters is 1. The Morgan fingerprint density at radius 1 is 1.67 bits per heavy atom. The van der Waals surface area contributed by atoms with Gasteiger partial charge in [0.15, 0.2) is 0 Å². The molecule has 0 saturated carbocycles. The Kier molecular flexibility index (Phi) is 4.96. The molecule has 0 aliphatic carbocycles. The molecule has 0 saturated heterocycles. The van der Waals surface area contributed by atoms with Gasteiger partial charge in [0.1, 0.15) is 5.82 Å². The van der Waals surface area contributed by atoms with E-state index < -0.39 is 5.97 Å². The van der Waals surface area contributed by atoms with Gasteiger partial charge in [0.05, 0.1) is 12.1 Å². The monoisotopic (exact) mass is 268 g/mol. The Morgan fingerprint density at radius 3 is 2.89 bits per heavy atom. The van der Waals surface area contributed by atoms with Crippen LogP contribution in [0, 0.1) is 0 Å². The number of ether oxygens (including phenoxy) is 1. The van der Waals surface area contributed by atoms with Crippen LogP contribution in [-0.2, 0) is 4.74 Å². The lowest BCUT2D eigenvalue weighted by Crippen LogP contribution is -2.33. The molecule has 1 aromatic heterocycles. The van der Waals surface area contributed by atoms with Crippen molar-refractivity contribution in [2.75, 3.05) is 19.1 Å². The Morgan fingerprint density at radius 2 is 2.33 bits per heavy atom. The van der Waals surface area contributed by atoms with Crippen LogP contribution in [0.4, 0.5) is 5.82 Å². The number of thiocarbonyl (C=S) groups is 1. The van der Waals surface area contributed by atoms with Crippen LogP contribution in [0.3, 0.4) is 0 Å². The van der Waals surface area contributed by atoms with Gasteiger partial charge in [-0.15, -0.1) is 0 Å². The van der Waals surface area contributed by atoms with Crippen LogP contribution in [0.1, 0.15) is 24.0 Å². The van der Waals surface area contributed by atoms with E-state index >= 15 is 0 Å². The van der Waals surface area contributed by atoms with Crippen LogP contribution in [0.15, 0.2) is 12.3 Å². The molecular weight excluding hydrogens is 252 g/mol. The molecule has 0 spiro atoms. The number of carbonyl (C=O) groups excluding carboxylic acids is 1. The highest BCUT2D eigenvalue weighted by molar-refractivity contribution is 7.80. The summed E-state index contributed by atoms with van der Waals surface area (Å²) < 4.78 is 4.57. The second kappa shape index (κ2) is 6.25. The summed E-state index contributed by atoms with van der Waals surface area (Å²) in [6.07, 6.45) is 2.09. The Balaban J connectivity index is 2.89. The number of nitrogens with two attached hydrogens (primary N) is 1. The van der Waals surface area contributed by atoms with Crippen LogP contribution in [0.2, 0.25) is 0 Å². The summed E-state index contributed by atoms with van der Waals surface area (Å²) in [4.78, 5) is 21.6. The molecule has 18 heavy (non-hydrogen) atoms. The van der Waals surface area contributed by atoms with E-state index in [1.54, 1.807) is 6.07 Å². The molecule has 98 valence electrons. The number of carbonyl (C=O) groups is 1. The van der Waals surface area contributed by atoms with Crippen molar-refractivity contribution < 1.29 is 9.53 Å². The van der Waals surface area contributed by atoms with Gasteiger partial charge in [-0.3, -0.25) is 0 Å². The zero-order chi connectivity index (χ0) is 13.7. The summed E-state index contributed by atoms with van der Waals surface area (Å²) >= 11 is 4.87. The molecular formula is C11H16N4O2S. The second-order valence-electron chi connectivity index (χ2n) is 3.86. The van der Waals surface area contributed by atoms with Crippen molar-refractivity contribution in [3.8, 4) is 0 Å². The molecule has 0 radical (unpaired) electrons. The van der Waals surface area contributed by atoms with Gasteiger partial charge in [-0.25, -0.2) is 14.8 Å². The predicted octanol–water partition coefficient (Wildman–Crippen LogP) is 0.764. The molecule has 1 rings (SSSR count). The third-order valence-corrected chi connectivity index (χ3v) is 2.69. The highest BCUT2D eigenvalue weighted by atomic mass is 32.1. The fourth-order valence-electron chi connectivity index (χ4n) is 1.39. The number of rotatable bonds is 5. The third-order valence-electron chi connectivity index (χ3n) is 2.53. The molecule has 1 aromatic rings. The third kappa shape index (κ3) is 3.63. The van der Waals surface area contributed by atoms with Crippen molar-refractivity contribution in [2.45, 2.75) is 19.4 Å². The van der Waals surface area contributed by atoms with Crippen LogP contribution in [0.5, 0.6) is 0 Å². The van der Waals surface area contributed by atoms with E-state index in [4.69, 9.17) is 18.0 Å². The highest BCUT2D eigenvalue weighted by Gasteiger charge is 2.15. The first-order valence-electron chi connectivity index (χ1n) is 5.38. The molecule has 1 unspecified atom stereocenters. The first-order chi connectivity index (χ1) is 8.45. The highest BCUT2D eigenvalue weighted by Crippen LogP contribution is 2.13. The van der Waals surface area contributed by atoms with Gasteiger partial charge in [-0.1, -0.05) is 12.2 Å². The first kappa shape index (κ1) is 14.3. The smallest absolute Gasteiger partial charge is 0.376 e. The molecule has 0 fully saturated rings. The van der Waals surface area contributed by atoms with Crippen molar-refractivity contribution in [1.29, 1.82) is 0 Å². The second-order valence-corrected chi connectivity index (χ2v) is 4.38. The maximum Gasteiger partial charge on any atom is 0.376 e. The van der Waals surface area contributed by atoms with Crippen LogP contribution < -0.4 is 10.6 Å². The van der Waals surface area contributed by atoms with E-state index in [0.29, 0.717) is 17.2 Å².